The second-order valence-electron chi connectivity index (χ2n) is 2.53. The van der Waals surface area contributed by atoms with Gasteiger partial charge >= 0.3 is 5.97 Å². The molecule has 0 fully saturated rings. The molecular formula is C11H9NO3. The molecule has 4 nitrogen and oxygen atoms in total. The van der Waals surface area contributed by atoms with Gasteiger partial charge in [0.05, 0.1) is 6.61 Å². The van der Waals surface area contributed by atoms with Crippen LogP contribution in [0.3, 0.4) is 0 Å². The van der Waals surface area contributed by atoms with Crippen molar-refractivity contribution in [3.63, 3.8) is 0 Å². The molecule has 0 N–H and O–H groups in total. The number of ether oxygens (including phenoxy) is 1. The lowest BCUT2D eigenvalue weighted by Gasteiger charge is -1.93. The molecule has 0 aliphatic carbocycles. The van der Waals surface area contributed by atoms with E-state index in [2.05, 4.69) is 21.6 Å². The van der Waals surface area contributed by atoms with E-state index < -0.39 is 5.97 Å². The van der Waals surface area contributed by atoms with Crippen LogP contribution in [0.25, 0.3) is 0 Å². The minimum absolute atomic E-state index is 0.274. The van der Waals surface area contributed by atoms with Crippen molar-refractivity contribution < 1.29 is 14.3 Å². The second kappa shape index (κ2) is 5.55. The number of nitrogens with zero attached hydrogens (tertiary/aromatic N) is 1. The Morgan fingerprint density at radius 1 is 1.67 bits per heavy atom. The molecule has 0 unspecified atom stereocenters. The molecule has 4 heteroatoms. The number of esters is 1. The maximum atomic E-state index is 10.9. The molecule has 0 radical (unpaired) electrons. The fourth-order valence-electron chi connectivity index (χ4n) is 0.895. The quantitative estimate of drug-likeness (QED) is 0.405. The van der Waals surface area contributed by atoms with Gasteiger partial charge in [0.25, 0.3) is 0 Å². The summed E-state index contributed by atoms with van der Waals surface area (Å²) in [6.07, 6.45) is 2.14. The molecule has 0 aliphatic heterocycles. The van der Waals surface area contributed by atoms with Gasteiger partial charge in [0, 0.05) is 17.7 Å². The summed E-state index contributed by atoms with van der Waals surface area (Å²) >= 11 is 0. The first-order valence-corrected chi connectivity index (χ1v) is 4.37. The average Bonchev–Trinajstić information content (AvgIpc) is 2.27. The zero-order valence-electron chi connectivity index (χ0n) is 8.19. The summed E-state index contributed by atoms with van der Waals surface area (Å²) in [7, 11) is 0. The zero-order valence-corrected chi connectivity index (χ0v) is 8.19. The summed E-state index contributed by atoms with van der Waals surface area (Å²) in [5, 5.41) is 0. The van der Waals surface area contributed by atoms with Gasteiger partial charge in [0.2, 0.25) is 0 Å². The minimum atomic E-state index is -0.625. The van der Waals surface area contributed by atoms with Crippen LogP contribution in [0.2, 0.25) is 0 Å². The van der Waals surface area contributed by atoms with E-state index in [0.29, 0.717) is 11.8 Å². The molecule has 1 aromatic heterocycles. The zero-order chi connectivity index (χ0) is 11.1. The molecule has 15 heavy (non-hydrogen) atoms. The molecule has 0 amide bonds. The van der Waals surface area contributed by atoms with Gasteiger partial charge in [0.1, 0.15) is 5.69 Å². The lowest BCUT2D eigenvalue weighted by molar-refractivity contribution is -0.136. The average molecular weight is 203 g/mol. The summed E-state index contributed by atoms with van der Waals surface area (Å²) in [5.41, 5.74) is 0.634. The smallest absolute Gasteiger partial charge is 0.384 e. The van der Waals surface area contributed by atoms with Gasteiger partial charge in [-0.2, -0.15) is 0 Å². The molecule has 0 spiro atoms. The standard InChI is InChI=1S/C11H9NO3/c1-2-15-11(14)6-5-10-9(8-13)4-3-7-12-10/h3-4,7-8H,2H2,1H3. The molecular weight excluding hydrogens is 194 g/mol. The van der Waals surface area contributed by atoms with Crippen molar-refractivity contribution in [2.24, 2.45) is 0 Å². The fourth-order valence-corrected chi connectivity index (χ4v) is 0.895. The Bertz CT molecular complexity index is 429. The van der Waals surface area contributed by atoms with Crippen molar-refractivity contribution in [3.8, 4) is 11.8 Å². The highest BCUT2D eigenvalue weighted by molar-refractivity contribution is 5.89. The predicted octanol–water partition coefficient (Wildman–Crippen LogP) is 0.809. The lowest BCUT2D eigenvalue weighted by Crippen LogP contribution is -2.00. The molecule has 0 atom stereocenters. The van der Waals surface area contributed by atoms with E-state index in [1.807, 2.05) is 0 Å². The topological polar surface area (TPSA) is 56.3 Å². The van der Waals surface area contributed by atoms with E-state index in [1.54, 1.807) is 19.1 Å². The Kier molecular flexibility index (Phi) is 4.05. The van der Waals surface area contributed by atoms with Crippen LogP contribution in [0.5, 0.6) is 0 Å². The lowest BCUT2D eigenvalue weighted by atomic mass is 10.2. The number of hydrogen-bond donors (Lipinski definition) is 0. The van der Waals surface area contributed by atoms with Crippen molar-refractivity contribution >= 4 is 12.3 Å². The van der Waals surface area contributed by atoms with Crippen molar-refractivity contribution in [1.82, 2.24) is 4.98 Å². The first-order valence-electron chi connectivity index (χ1n) is 4.37. The minimum Gasteiger partial charge on any atom is -0.456 e. The van der Waals surface area contributed by atoms with Crippen LogP contribution >= 0.6 is 0 Å². The Hall–Kier alpha value is -2.15. The number of pyridine rings is 1. The molecule has 0 saturated carbocycles. The normalized spacial score (nSPS) is 8.60. The van der Waals surface area contributed by atoms with Crippen LogP contribution in [0.1, 0.15) is 23.0 Å². The molecule has 0 aliphatic rings. The first kappa shape index (κ1) is 10.9. The molecule has 76 valence electrons. The number of aldehydes is 1. The number of hydrogen-bond acceptors (Lipinski definition) is 4. The van der Waals surface area contributed by atoms with Gasteiger partial charge in [-0.15, -0.1) is 0 Å². The highest BCUT2D eigenvalue weighted by Crippen LogP contribution is 1.99. The fraction of sp³-hybridized carbons (Fsp3) is 0.182. The Balaban J connectivity index is 2.88. The van der Waals surface area contributed by atoms with Crippen molar-refractivity contribution in [2.75, 3.05) is 6.61 Å². The van der Waals surface area contributed by atoms with Crippen LogP contribution in [-0.2, 0) is 9.53 Å². The van der Waals surface area contributed by atoms with E-state index in [1.165, 1.54) is 6.20 Å². The maximum Gasteiger partial charge on any atom is 0.384 e. The van der Waals surface area contributed by atoms with Gasteiger partial charge in [-0.25, -0.2) is 9.78 Å². The Labute approximate surface area is 87.3 Å². The van der Waals surface area contributed by atoms with Crippen LogP contribution in [-0.4, -0.2) is 23.8 Å². The predicted molar refractivity (Wildman–Crippen MR) is 53.1 cm³/mol. The molecule has 0 saturated heterocycles. The molecule has 0 bridgehead atoms. The molecule has 0 aromatic carbocycles. The largest absolute Gasteiger partial charge is 0.456 e. The summed E-state index contributed by atoms with van der Waals surface area (Å²) < 4.78 is 4.61. The second-order valence-corrected chi connectivity index (χ2v) is 2.53. The summed E-state index contributed by atoms with van der Waals surface area (Å²) in [5.74, 6) is 4.10. The van der Waals surface area contributed by atoms with Gasteiger partial charge in [-0.3, -0.25) is 4.79 Å². The van der Waals surface area contributed by atoms with Crippen LogP contribution in [0, 0.1) is 11.8 Å². The summed E-state index contributed by atoms with van der Waals surface area (Å²) in [6.45, 7) is 1.97. The summed E-state index contributed by atoms with van der Waals surface area (Å²) in [4.78, 5) is 25.3. The van der Waals surface area contributed by atoms with E-state index >= 15 is 0 Å². The SMILES string of the molecule is CCOC(=O)C#Cc1ncccc1C=O. The van der Waals surface area contributed by atoms with Crippen LogP contribution < -0.4 is 0 Å². The third-order valence-corrected chi connectivity index (χ3v) is 1.52. The molecule has 1 rings (SSSR count). The van der Waals surface area contributed by atoms with E-state index in [9.17, 15) is 9.59 Å². The number of rotatable bonds is 2. The van der Waals surface area contributed by atoms with Crippen LogP contribution in [0.15, 0.2) is 18.3 Å². The Morgan fingerprint density at radius 3 is 3.13 bits per heavy atom. The highest BCUT2D eigenvalue weighted by atomic mass is 16.5. The number of aromatic nitrogens is 1. The van der Waals surface area contributed by atoms with E-state index in [-0.39, 0.29) is 12.3 Å². The molecule has 1 heterocycles. The van der Waals surface area contributed by atoms with Gasteiger partial charge in [-0.1, -0.05) is 0 Å². The van der Waals surface area contributed by atoms with Crippen molar-refractivity contribution in [1.29, 1.82) is 0 Å². The van der Waals surface area contributed by atoms with Crippen molar-refractivity contribution in [3.05, 3.63) is 29.6 Å². The Morgan fingerprint density at radius 2 is 2.47 bits per heavy atom. The summed E-state index contributed by atoms with van der Waals surface area (Å²) in [6, 6.07) is 3.20. The monoisotopic (exact) mass is 203 g/mol. The maximum absolute atomic E-state index is 10.9. The first-order chi connectivity index (χ1) is 7.27. The van der Waals surface area contributed by atoms with Gasteiger partial charge in [0.15, 0.2) is 6.29 Å². The third-order valence-electron chi connectivity index (χ3n) is 1.52. The number of carbonyl (C=O) groups is 2. The number of carbonyl (C=O) groups excluding carboxylic acids is 2. The van der Waals surface area contributed by atoms with Crippen LogP contribution in [0.4, 0.5) is 0 Å². The van der Waals surface area contributed by atoms with E-state index in [0.717, 1.165) is 0 Å². The van der Waals surface area contributed by atoms with E-state index in [4.69, 9.17) is 0 Å². The third kappa shape index (κ3) is 3.24. The molecule has 1 aromatic rings. The van der Waals surface area contributed by atoms with Gasteiger partial charge < -0.3 is 4.74 Å². The highest BCUT2D eigenvalue weighted by Gasteiger charge is 1.98. The van der Waals surface area contributed by atoms with Crippen molar-refractivity contribution in [2.45, 2.75) is 6.92 Å². The van der Waals surface area contributed by atoms with Gasteiger partial charge in [-0.05, 0) is 25.0 Å².